The van der Waals surface area contributed by atoms with E-state index in [0.717, 1.165) is 17.4 Å². The molecule has 1 fully saturated rings. The summed E-state index contributed by atoms with van der Waals surface area (Å²) in [6.45, 7) is 3.42. The van der Waals surface area contributed by atoms with E-state index in [2.05, 4.69) is 22.2 Å². The van der Waals surface area contributed by atoms with Crippen LogP contribution in [0.2, 0.25) is 0 Å². The summed E-state index contributed by atoms with van der Waals surface area (Å²) in [5.41, 5.74) is 1.01. The van der Waals surface area contributed by atoms with Gasteiger partial charge >= 0.3 is 0 Å². The fraction of sp³-hybridized carbons (Fsp3) is 0.727. The molecule has 1 atom stereocenters. The molecular formula is C11H17ClN2S. The molecule has 84 valence electrons. The van der Waals surface area contributed by atoms with Gasteiger partial charge in [0, 0.05) is 18.0 Å². The molecule has 2 heterocycles. The molecule has 0 bridgehead atoms. The third kappa shape index (κ3) is 2.45. The number of nitrogens with zero attached hydrogens (tertiary/aromatic N) is 2. The second kappa shape index (κ2) is 5.17. The van der Waals surface area contributed by atoms with Crippen molar-refractivity contribution in [3.63, 3.8) is 0 Å². The third-order valence-electron chi connectivity index (χ3n) is 3.02. The maximum absolute atomic E-state index is 5.78. The van der Waals surface area contributed by atoms with Gasteiger partial charge in [-0.25, -0.2) is 4.98 Å². The van der Waals surface area contributed by atoms with Gasteiger partial charge in [-0.2, -0.15) is 0 Å². The van der Waals surface area contributed by atoms with Crippen LogP contribution in [0.3, 0.4) is 0 Å². The highest BCUT2D eigenvalue weighted by Crippen LogP contribution is 2.29. The van der Waals surface area contributed by atoms with Gasteiger partial charge in [0.15, 0.2) is 5.13 Å². The Morgan fingerprint density at radius 2 is 2.47 bits per heavy atom. The van der Waals surface area contributed by atoms with Crippen molar-refractivity contribution < 1.29 is 0 Å². The van der Waals surface area contributed by atoms with Crippen LogP contribution in [-0.2, 0) is 5.88 Å². The molecule has 0 amide bonds. The fourth-order valence-electron chi connectivity index (χ4n) is 2.17. The molecule has 1 aromatic rings. The van der Waals surface area contributed by atoms with Crippen molar-refractivity contribution in [3.8, 4) is 0 Å². The van der Waals surface area contributed by atoms with E-state index in [1.807, 2.05) is 0 Å². The van der Waals surface area contributed by atoms with Crippen LogP contribution in [0.4, 0.5) is 5.13 Å². The van der Waals surface area contributed by atoms with E-state index >= 15 is 0 Å². The third-order valence-corrected chi connectivity index (χ3v) is 4.22. The zero-order chi connectivity index (χ0) is 10.7. The van der Waals surface area contributed by atoms with Crippen LogP contribution in [0.1, 0.15) is 38.3 Å². The molecule has 0 radical (unpaired) electrons. The van der Waals surface area contributed by atoms with Crippen LogP contribution < -0.4 is 4.90 Å². The van der Waals surface area contributed by atoms with Gasteiger partial charge in [0.05, 0.1) is 11.6 Å². The summed E-state index contributed by atoms with van der Waals surface area (Å²) in [7, 11) is 0. The van der Waals surface area contributed by atoms with Crippen molar-refractivity contribution in [1.82, 2.24) is 4.98 Å². The van der Waals surface area contributed by atoms with Crippen LogP contribution in [0, 0.1) is 0 Å². The molecule has 0 aliphatic carbocycles. The number of rotatable bonds is 3. The molecule has 0 aromatic carbocycles. The van der Waals surface area contributed by atoms with E-state index < -0.39 is 0 Å². The van der Waals surface area contributed by atoms with Crippen LogP contribution in [0.15, 0.2) is 5.38 Å². The maximum atomic E-state index is 5.78. The fourth-order valence-corrected chi connectivity index (χ4v) is 3.32. The van der Waals surface area contributed by atoms with Gasteiger partial charge in [0.1, 0.15) is 0 Å². The Balaban J connectivity index is 2.12. The lowest BCUT2D eigenvalue weighted by Crippen LogP contribution is -2.39. The van der Waals surface area contributed by atoms with Crippen LogP contribution in [0.5, 0.6) is 0 Å². The summed E-state index contributed by atoms with van der Waals surface area (Å²) in [4.78, 5) is 7.03. The van der Waals surface area contributed by atoms with Gasteiger partial charge in [0.2, 0.25) is 0 Å². The molecule has 1 aliphatic rings. The predicted molar refractivity (Wildman–Crippen MR) is 66.9 cm³/mol. The quantitative estimate of drug-likeness (QED) is 0.755. The van der Waals surface area contributed by atoms with E-state index in [-0.39, 0.29) is 0 Å². The monoisotopic (exact) mass is 244 g/mol. The lowest BCUT2D eigenvalue weighted by molar-refractivity contribution is 0.449. The number of aromatic nitrogens is 1. The van der Waals surface area contributed by atoms with Crippen molar-refractivity contribution in [2.24, 2.45) is 0 Å². The Bertz CT molecular complexity index is 313. The number of alkyl halides is 1. The normalized spacial score (nSPS) is 22.0. The average molecular weight is 245 g/mol. The molecule has 2 rings (SSSR count). The zero-order valence-electron chi connectivity index (χ0n) is 9.08. The molecule has 4 heteroatoms. The molecule has 1 aliphatic heterocycles. The summed E-state index contributed by atoms with van der Waals surface area (Å²) >= 11 is 7.51. The van der Waals surface area contributed by atoms with Gasteiger partial charge in [-0.05, 0) is 25.7 Å². The first-order valence-corrected chi connectivity index (χ1v) is 7.03. The first-order chi connectivity index (χ1) is 7.35. The summed E-state index contributed by atoms with van der Waals surface area (Å²) in [6, 6.07) is 0.688. The number of hydrogen-bond acceptors (Lipinski definition) is 3. The number of hydrogen-bond donors (Lipinski definition) is 0. The number of piperidine rings is 1. The molecule has 0 N–H and O–H groups in total. The molecule has 0 saturated carbocycles. The Kier molecular flexibility index (Phi) is 3.87. The lowest BCUT2D eigenvalue weighted by atomic mass is 10.0. The van der Waals surface area contributed by atoms with Gasteiger partial charge in [-0.3, -0.25) is 0 Å². The van der Waals surface area contributed by atoms with E-state index in [1.54, 1.807) is 11.3 Å². The van der Waals surface area contributed by atoms with E-state index in [0.29, 0.717) is 11.9 Å². The van der Waals surface area contributed by atoms with Gasteiger partial charge in [0.25, 0.3) is 0 Å². The van der Waals surface area contributed by atoms with Gasteiger partial charge in [-0.1, -0.05) is 6.92 Å². The maximum Gasteiger partial charge on any atom is 0.185 e. The minimum absolute atomic E-state index is 0.529. The van der Waals surface area contributed by atoms with Crippen molar-refractivity contribution >= 4 is 28.1 Å². The van der Waals surface area contributed by atoms with Crippen molar-refractivity contribution in [2.75, 3.05) is 11.4 Å². The minimum atomic E-state index is 0.529. The number of halogens is 1. The Hall–Kier alpha value is -0.280. The largest absolute Gasteiger partial charge is 0.345 e. The number of thiazole rings is 1. The second-order valence-electron chi connectivity index (χ2n) is 4.01. The first-order valence-electron chi connectivity index (χ1n) is 5.62. The summed E-state index contributed by atoms with van der Waals surface area (Å²) in [5, 5.41) is 3.24. The number of anilines is 1. The van der Waals surface area contributed by atoms with Crippen molar-refractivity contribution in [2.45, 2.75) is 44.5 Å². The van der Waals surface area contributed by atoms with Crippen LogP contribution in [-0.4, -0.2) is 17.6 Å². The van der Waals surface area contributed by atoms with Crippen molar-refractivity contribution in [1.29, 1.82) is 0 Å². The van der Waals surface area contributed by atoms with E-state index in [4.69, 9.17) is 11.6 Å². The van der Waals surface area contributed by atoms with Crippen molar-refractivity contribution in [3.05, 3.63) is 11.1 Å². The average Bonchev–Trinajstić information content (AvgIpc) is 2.77. The molecule has 2 nitrogen and oxygen atoms in total. The van der Waals surface area contributed by atoms with Crippen LogP contribution in [0.25, 0.3) is 0 Å². The molecule has 1 unspecified atom stereocenters. The summed E-state index contributed by atoms with van der Waals surface area (Å²) in [5.74, 6) is 0.529. The standard InChI is InChI=1S/C11H17ClN2S/c1-2-10-5-3-4-6-14(10)11-13-9(7-12)8-15-11/h8,10H,2-7H2,1H3. The molecular weight excluding hydrogens is 228 g/mol. The van der Waals surface area contributed by atoms with E-state index in [1.165, 1.54) is 25.7 Å². The SMILES string of the molecule is CCC1CCCCN1c1nc(CCl)cs1. The second-order valence-corrected chi connectivity index (χ2v) is 5.11. The minimum Gasteiger partial charge on any atom is -0.345 e. The molecule has 1 saturated heterocycles. The first kappa shape index (κ1) is 11.2. The van der Waals surface area contributed by atoms with Crippen LogP contribution >= 0.6 is 22.9 Å². The summed E-state index contributed by atoms with van der Waals surface area (Å²) < 4.78 is 0. The van der Waals surface area contributed by atoms with E-state index in [9.17, 15) is 0 Å². The smallest absolute Gasteiger partial charge is 0.185 e. The molecule has 0 spiro atoms. The Labute approximate surface area is 100 Å². The topological polar surface area (TPSA) is 16.1 Å². The van der Waals surface area contributed by atoms with Gasteiger partial charge < -0.3 is 4.90 Å². The highest BCUT2D eigenvalue weighted by Gasteiger charge is 2.22. The highest BCUT2D eigenvalue weighted by molar-refractivity contribution is 7.13. The summed E-state index contributed by atoms with van der Waals surface area (Å²) in [6.07, 6.45) is 5.19. The molecule has 15 heavy (non-hydrogen) atoms. The lowest BCUT2D eigenvalue weighted by Gasteiger charge is -2.34. The molecule has 1 aromatic heterocycles. The predicted octanol–water partition coefficient (Wildman–Crippen LogP) is 3.65. The van der Waals surface area contributed by atoms with Gasteiger partial charge in [-0.15, -0.1) is 22.9 Å². The Morgan fingerprint density at radius 1 is 1.60 bits per heavy atom. The Morgan fingerprint density at radius 3 is 3.13 bits per heavy atom. The zero-order valence-corrected chi connectivity index (χ0v) is 10.7. The highest BCUT2D eigenvalue weighted by atomic mass is 35.5.